The van der Waals surface area contributed by atoms with Gasteiger partial charge < -0.3 is 40.0 Å². The van der Waals surface area contributed by atoms with E-state index in [0.717, 1.165) is 86.1 Å². The molecule has 0 aliphatic heterocycles. The van der Waals surface area contributed by atoms with Gasteiger partial charge in [-0.25, -0.2) is 62.4 Å². The van der Waals surface area contributed by atoms with Crippen molar-refractivity contribution in [3.05, 3.63) is 278 Å². The molecule has 0 aliphatic rings. The average molecular weight is 2020 g/mol. The number of carbonyl (C=O) groups excluding carboxylic acids is 4. The summed E-state index contributed by atoms with van der Waals surface area (Å²) in [6.07, 6.45) is 8.24. The van der Waals surface area contributed by atoms with E-state index in [1.165, 1.54) is 81.6 Å². The van der Waals surface area contributed by atoms with Crippen LogP contribution >= 0.6 is 103 Å². The van der Waals surface area contributed by atoms with Gasteiger partial charge in [0.2, 0.25) is 0 Å². The minimum atomic E-state index is -3.46. The Labute approximate surface area is 724 Å². The number of thioether (sulfide) groups is 2. The second kappa shape index (κ2) is 45.9. The molecule has 10 aromatic rings. The quantitative estimate of drug-likeness (QED) is 0.0302. The van der Waals surface area contributed by atoms with E-state index in [2.05, 4.69) is 99.2 Å². The Morgan fingerprint density at radius 1 is 0.345 bits per heavy atom. The van der Waals surface area contributed by atoms with Gasteiger partial charge in [-0.1, -0.05) is 169 Å². The first kappa shape index (κ1) is 99.7. The number of aryl methyl sites for hydroxylation is 3. The maximum absolute atomic E-state index is 12.3. The van der Waals surface area contributed by atoms with Crippen molar-refractivity contribution in [3.8, 4) is 33.4 Å². The predicted octanol–water partition coefficient (Wildman–Crippen LogP) is 18.2. The van der Waals surface area contributed by atoms with Crippen LogP contribution in [-0.4, -0.2) is 167 Å². The molecule has 0 fully saturated rings. The van der Waals surface area contributed by atoms with Gasteiger partial charge in [0.25, 0.3) is 5.91 Å². The Kier molecular flexibility index (Phi) is 39.5. The largest absolute Gasteiger partial charge is 0.478 e. The molecule has 0 aromatic heterocycles. The molecule has 116 heavy (non-hydrogen) atoms. The number of benzene rings is 10. The van der Waals surface area contributed by atoms with E-state index in [9.17, 15) is 67.2 Å². The molecule has 5 N–H and O–H groups in total. The lowest BCUT2D eigenvalue weighted by atomic mass is 10.0. The van der Waals surface area contributed by atoms with Crippen LogP contribution < -0.4 is 5.32 Å². The minimum Gasteiger partial charge on any atom is -0.478 e. The van der Waals surface area contributed by atoms with Crippen molar-refractivity contribution in [2.24, 2.45) is 0 Å². The lowest BCUT2D eigenvalue weighted by molar-refractivity contribution is 0.0591. The summed E-state index contributed by atoms with van der Waals surface area (Å²) in [5, 5.41) is 38.1. The summed E-state index contributed by atoms with van der Waals surface area (Å²) in [7, 11) is -9.78. The monoisotopic (exact) mass is 2020 g/mol. The number of hydrogen-bond donors (Lipinski definition) is 5. The molecule has 0 bridgehead atoms. The van der Waals surface area contributed by atoms with Crippen LogP contribution in [0.1, 0.15) is 96.1 Å². The number of aromatic carboxylic acids is 3. The number of halogens is 5. The number of ether oxygens (including phenoxy) is 3. The Morgan fingerprint density at radius 2 is 0.586 bits per heavy atom. The Bertz CT molecular complexity index is 5700. The Hall–Kier alpha value is -8.65. The van der Waals surface area contributed by atoms with Crippen LogP contribution in [0, 0.1) is 20.8 Å². The molecule has 1 atom stereocenters. The SMILES string of the molecule is COC(=O)c1cc(-c2ccc(C)cc2)cc(S(C)(=O)=O)c1.COC(=O)c1cc(Br)cc(S(C)(=O)=O)c1.COC(=O)c1cc(Br)cc(SC)c1.CSc1cc(Br)cc(C(=O)O)c1.Cc1ccc(-c2cc(C(=O)N[C@@H](C)CO)cc(S(C)(=O)=O)c2)cc1.Cc1ccc(-c2cc(C(=O)O)cc(S(C)(=O)=O)c2)cc1.O=C(O)c1cc(Br)cc(Br)c1. The summed E-state index contributed by atoms with van der Waals surface area (Å²) in [5.74, 6) is -4.83. The number of sulfone groups is 4. The van der Waals surface area contributed by atoms with Crippen molar-refractivity contribution in [3.63, 3.8) is 0 Å². The number of aliphatic hydroxyl groups excluding tert-OH is 1. The summed E-state index contributed by atoms with van der Waals surface area (Å²) in [6.45, 7) is 7.35. The number of hydrogen-bond acceptors (Lipinski definition) is 21. The summed E-state index contributed by atoms with van der Waals surface area (Å²) >= 11 is 19.2. The first-order chi connectivity index (χ1) is 54.0. The summed E-state index contributed by atoms with van der Waals surface area (Å²) < 4.78 is 111. The van der Waals surface area contributed by atoms with Crippen molar-refractivity contribution in [1.82, 2.24) is 5.32 Å². The molecule has 0 aliphatic carbocycles. The third-order valence-electron chi connectivity index (χ3n) is 15.5. The van der Waals surface area contributed by atoms with Crippen LogP contribution in [-0.2, 0) is 53.6 Å². The number of methoxy groups -OCH3 is 3. The van der Waals surface area contributed by atoms with Crippen molar-refractivity contribution in [2.45, 2.75) is 63.1 Å². The number of carboxylic acid groups (broad SMARTS) is 3. The van der Waals surface area contributed by atoms with E-state index in [1.54, 1.807) is 85.4 Å². The maximum Gasteiger partial charge on any atom is 0.337 e. The van der Waals surface area contributed by atoms with Crippen LogP contribution in [0.5, 0.6) is 0 Å². The van der Waals surface area contributed by atoms with Gasteiger partial charge in [0.05, 0.1) is 80.9 Å². The van der Waals surface area contributed by atoms with Crippen molar-refractivity contribution in [2.75, 3.05) is 65.5 Å². The molecule has 0 spiro atoms. The van der Waals surface area contributed by atoms with Crippen LogP contribution in [0.2, 0.25) is 0 Å². The van der Waals surface area contributed by atoms with E-state index >= 15 is 0 Å². The van der Waals surface area contributed by atoms with Crippen LogP contribution in [0.4, 0.5) is 0 Å². The zero-order valence-corrected chi connectivity index (χ0v) is 77.1. The highest BCUT2D eigenvalue weighted by Crippen LogP contribution is 2.31. The lowest BCUT2D eigenvalue weighted by Crippen LogP contribution is -2.35. The molecule has 10 aromatic carbocycles. The topological polar surface area (TPSA) is 377 Å². The molecular formula is C82H80Br5NO22S6. The van der Waals surface area contributed by atoms with E-state index in [4.69, 9.17) is 20.4 Å². The number of aliphatic hydroxyl groups is 1. The zero-order valence-electron chi connectivity index (χ0n) is 64.3. The van der Waals surface area contributed by atoms with Crippen molar-refractivity contribution >= 4 is 184 Å². The summed E-state index contributed by atoms with van der Waals surface area (Å²) in [6, 6.07) is 55.3. The molecular weight excluding hydrogens is 1940 g/mol. The highest BCUT2D eigenvalue weighted by Gasteiger charge is 2.21. The second-order valence-corrected chi connectivity index (χ2v) is 39.4. The molecule has 616 valence electrons. The molecule has 34 heteroatoms. The van der Waals surface area contributed by atoms with E-state index < -0.39 is 81.1 Å². The van der Waals surface area contributed by atoms with Gasteiger partial charge in [-0.2, -0.15) is 0 Å². The van der Waals surface area contributed by atoms with E-state index in [-0.39, 0.29) is 60.0 Å². The van der Waals surface area contributed by atoms with E-state index in [0.29, 0.717) is 32.3 Å². The van der Waals surface area contributed by atoms with E-state index in [1.807, 2.05) is 118 Å². The molecule has 0 saturated heterocycles. The highest BCUT2D eigenvalue weighted by atomic mass is 79.9. The zero-order chi connectivity index (χ0) is 87.5. The first-order valence-corrected chi connectivity index (χ1v) is 47.3. The summed E-state index contributed by atoms with van der Waals surface area (Å²) in [4.78, 5) is 80.8. The number of nitrogens with one attached hydrogen (secondary N) is 1. The van der Waals surface area contributed by atoms with Crippen molar-refractivity contribution < 1.29 is 102 Å². The summed E-state index contributed by atoms with van der Waals surface area (Å²) in [5.41, 5.74) is 9.39. The van der Waals surface area contributed by atoms with Crippen molar-refractivity contribution in [1.29, 1.82) is 0 Å². The third-order valence-corrected chi connectivity index (χ3v) is 23.5. The van der Waals surface area contributed by atoms with Gasteiger partial charge in [0, 0.05) is 68.8 Å². The first-order valence-electron chi connectivity index (χ1n) is 33.3. The van der Waals surface area contributed by atoms with Crippen LogP contribution in [0.25, 0.3) is 33.4 Å². The molecule has 1 amide bonds. The molecule has 23 nitrogen and oxygen atoms in total. The van der Waals surface area contributed by atoms with Gasteiger partial charge in [0.15, 0.2) is 39.3 Å². The Morgan fingerprint density at radius 3 is 0.897 bits per heavy atom. The molecule has 0 saturated carbocycles. The minimum absolute atomic E-state index is 0.00738. The fourth-order valence-corrected chi connectivity index (χ4v) is 16.4. The van der Waals surface area contributed by atoms with Gasteiger partial charge >= 0.3 is 35.8 Å². The number of amides is 1. The lowest BCUT2D eigenvalue weighted by Gasteiger charge is -2.13. The van der Waals surface area contributed by atoms with Gasteiger partial charge in [0.1, 0.15) is 0 Å². The number of esters is 3. The van der Waals surface area contributed by atoms with Crippen LogP contribution in [0.15, 0.2) is 252 Å². The highest BCUT2D eigenvalue weighted by molar-refractivity contribution is 9.11. The maximum atomic E-state index is 12.3. The van der Waals surface area contributed by atoms with Gasteiger partial charge in [-0.15, -0.1) is 23.5 Å². The fraction of sp³-hybridized carbons (Fsp3) is 0.183. The number of carboxylic acids is 3. The molecule has 0 unspecified atom stereocenters. The predicted molar refractivity (Wildman–Crippen MR) is 469 cm³/mol. The third kappa shape index (κ3) is 33.4. The molecule has 0 heterocycles. The van der Waals surface area contributed by atoms with Gasteiger partial charge in [-0.05, 0) is 201 Å². The molecule has 0 radical (unpaired) electrons. The number of rotatable bonds is 18. The fourth-order valence-electron chi connectivity index (χ4n) is 9.43. The van der Waals surface area contributed by atoms with Crippen LogP contribution in [0.3, 0.4) is 0 Å². The average Bonchev–Trinajstić information content (AvgIpc) is 0.807. The smallest absolute Gasteiger partial charge is 0.337 e. The number of carbonyl (C=O) groups is 7. The second-order valence-electron chi connectivity index (χ2n) is 25.0. The van der Waals surface area contributed by atoms with Gasteiger partial charge in [-0.3, -0.25) is 4.79 Å². The molecule has 10 rings (SSSR count). The standard InChI is InChI=1S/C18H21NO4S.C16H16O4S.C15H14O4S.C9H9BrO4S.C9H9BrO2S.C8H7BrO2S.C7H4Br2O2/c1-12-4-6-14(7-5-12)15-8-16(18(21)19-13(2)11-20)10-17(9-15)24(3,22)23;1-11-4-6-12(7-5-11)13-8-14(16(17)20-2)10-15(9-13)21(3,18)19;1-10-3-5-11(6-4-10)12-7-13(15(16)17)9-14(8-12)20(2,18)19;1-14-9(11)6-3-7(10)5-8(4-6)15(2,12)13;1-12-9(11)6-3-7(10)5-8(4-6)13-2;1-12-7-3-5(8(10)11)2-6(9)4-7;8-5-1-4(7(10)11)2-6(9)3-5/h4-10,13,20H,11H2,1-3H3,(H,19,21);4-10H,1-3H3;3-9H,1-2H3,(H,16,17);3-5H,1-2H3;3-5H,1-2H3;2-4H,1H3,(H,10,11);1-3H,(H,10,11)/t13-;;;;;;/m0....../s1. The normalized spacial score (nSPS) is 11.1. The Balaban J connectivity index is 0.000000290.